The summed E-state index contributed by atoms with van der Waals surface area (Å²) in [4.78, 5) is 0. The van der Waals surface area contributed by atoms with Gasteiger partial charge in [0.1, 0.15) is 0 Å². The first-order chi connectivity index (χ1) is 6.27. The molecule has 0 aliphatic carbocycles. The summed E-state index contributed by atoms with van der Waals surface area (Å²) in [6.45, 7) is 4.46. The van der Waals surface area contributed by atoms with Gasteiger partial charge in [0.25, 0.3) is 0 Å². The molecule has 1 atom stereocenters. The Labute approximate surface area is 89.9 Å². The van der Waals surface area contributed by atoms with Crippen LogP contribution in [0, 0.1) is 0 Å². The van der Waals surface area contributed by atoms with Gasteiger partial charge < -0.3 is 0 Å². The van der Waals surface area contributed by atoms with Gasteiger partial charge in [-0.15, -0.1) is 0 Å². The van der Waals surface area contributed by atoms with Crippen LogP contribution in [0.3, 0.4) is 0 Å². The second kappa shape index (κ2) is 10.4. The number of thiol groups is 1. The summed E-state index contributed by atoms with van der Waals surface area (Å²) in [5, 5.41) is 0.597. The van der Waals surface area contributed by atoms with E-state index >= 15 is 0 Å². The van der Waals surface area contributed by atoms with Crippen molar-refractivity contribution in [2.45, 2.75) is 76.9 Å². The van der Waals surface area contributed by atoms with Gasteiger partial charge in [-0.25, -0.2) is 0 Å². The standard InChI is InChI=1S/C12H26S/c1-3-4-5-6-7-8-9-10-11-12(2)13/h12-13H,3-11H2,1-2H3. The molecule has 0 bridgehead atoms. The van der Waals surface area contributed by atoms with Crippen LogP contribution >= 0.6 is 12.6 Å². The van der Waals surface area contributed by atoms with Crippen molar-refractivity contribution in [1.29, 1.82) is 0 Å². The Bertz CT molecular complexity index is 89.1. The third-order valence-electron chi connectivity index (χ3n) is 2.48. The van der Waals surface area contributed by atoms with Gasteiger partial charge in [-0.1, -0.05) is 65.2 Å². The highest BCUT2D eigenvalue weighted by Gasteiger charge is 1.94. The minimum atomic E-state index is 0.597. The number of rotatable bonds is 9. The molecule has 0 aromatic heterocycles. The number of unbranched alkanes of at least 4 members (excludes halogenated alkanes) is 7. The summed E-state index contributed by atoms with van der Waals surface area (Å²) in [6, 6.07) is 0. The Balaban J connectivity index is 2.84. The zero-order chi connectivity index (χ0) is 9.94. The molecule has 1 heteroatoms. The Hall–Kier alpha value is 0.350. The minimum absolute atomic E-state index is 0.597. The Morgan fingerprint density at radius 3 is 1.77 bits per heavy atom. The predicted molar refractivity (Wildman–Crippen MR) is 65.7 cm³/mol. The first kappa shape index (κ1) is 13.4. The second-order valence-electron chi connectivity index (χ2n) is 4.11. The third-order valence-corrected chi connectivity index (χ3v) is 2.73. The molecule has 0 aromatic carbocycles. The fourth-order valence-corrected chi connectivity index (χ4v) is 1.76. The highest BCUT2D eigenvalue weighted by Crippen LogP contribution is 2.11. The lowest BCUT2D eigenvalue weighted by molar-refractivity contribution is 0.565. The molecule has 0 saturated heterocycles. The fourth-order valence-electron chi connectivity index (χ4n) is 1.57. The predicted octanol–water partition coefficient (Wildman–Crippen LogP) is 4.84. The molecule has 0 radical (unpaired) electrons. The highest BCUT2D eigenvalue weighted by molar-refractivity contribution is 7.80. The molecule has 1 unspecified atom stereocenters. The Morgan fingerprint density at radius 1 is 0.846 bits per heavy atom. The van der Waals surface area contributed by atoms with E-state index in [2.05, 4.69) is 26.5 Å². The summed E-state index contributed by atoms with van der Waals surface area (Å²) >= 11 is 4.37. The van der Waals surface area contributed by atoms with Gasteiger partial charge in [0.2, 0.25) is 0 Å². The molecule has 0 amide bonds. The van der Waals surface area contributed by atoms with E-state index in [1.807, 2.05) is 0 Å². The zero-order valence-corrected chi connectivity index (χ0v) is 10.3. The molecule has 0 heterocycles. The van der Waals surface area contributed by atoms with Crippen LogP contribution in [-0.2, 0) is 0 Å². The summed E-state index contributed by atoms with van der Waals surface area (Å²) in [5.41, 5.74) is 0. The molecule has 0 saturated carbocycles. The quantitative estimate of drug-likeness (QED) is 0.401. The van der Waals surface area contributed by atoms with E-state index in [9.17, 15) is 0 Å². The Kier molecular flexibility index (Phi) is 10.7. The van der Waals surface area contributed by atoms with E-state index in [1.54, 1.807) is 0 Å². The molecule has 0 aromatic rings. The van der Waals surface area contributed by atoms with Gasteiger partial charge in [-0.05, 0) is 11.7 Å². The van der Waals surface area contributed by atoms with Crippen LogP contribution in [0.15, 0.2) is 0 Å². The number of hydrogen-bond acceptors (Lipinski definition) is 1. The zero-order valence-electron chi connectivity index (χ0n) is 9.39. The molecular weight excluding hydrogens is 176 g/mol. The van der Waals surface area contributed by atoms with E-state index in [4.69, 9.17) is 0 Å². The molecule has 0 aliphatic heterocycles. The summed E-state index contributed by atoms with van der Waals surface area (Å²) in [6.07, 6.45) is 12.6. The molecule has 80 valence electrons. The van der Waals surface area contributed by atoms with E-state index in [-0.39, 0.29) is 0 Å². The molecule has 0 aliphatic rings. The van der Waals surface area contributed by atoms with Crippen LogP contribution in [0.25, 0.3) is 0 Å². The van der Waals surface area contributed by atoms with E-state index < -0.39 is 0 Å². The maximum atomic E-state index is 4.37. The smallest absolute Gasteiger partial charge is 0.00116 e. The topological polar surface area (TPSA) is 0 Å². The maximum absolute atomic E-state index is 4.37. The number of hydrogen-bond donors (Lipinski definition) is 1. The van der Waals surface area contributed by atoms with Gasteiger partial charge in [0.15, 0.2) is 0 Å². The lowest BCUT2D eigenvalue weighted by atomic mass is 10.1. The van der Waals surface area contributed by atoms with Crippen molar-refractivity contribution in [2.75, 3.05) is 0 Å². The highest BCUT2D eigenvalue weighted by atomic mass is 32.1. The van der Waals surface area contributed by atoms with Gasteiger partial charge in [-0.2, -0.15) is 12.6 Å². The normalized spacial score (nSPS) is 13.2. The van der Waals surface area contributed by atoms with Gasteiger partial charge in [-0.3, -0.25) is 0 Å². The lowest BCUT2D eigenvalue weighted by Gasteiger charge is -2.03. The molecule has 0 rings (SSSR count). The average Bonchev–Trinajstić information content (AvgIpc) is 2.09. The van der Waals surface area contributed by atoms with Crippen molar-refractivity contribution in [2.24, 2.45) is 0 Å². The lowest BCUT2D eigenvalue weighted by Crippen LogP contribution is -1.90. The first-order valence-corrected chi connectivity index (χ1v) is 6.47. The SMILES string of the molecule is CCCCCCCCCCC(C)S. The summed E-state index contributed by atoms with van der Waals surface area (Å²) < 4.78 is 0. The molecule has 13 heavy (non-hydrogen) atoms. The van der Waals surface area contributed by atoms with Crippen LogP contribution in [0.5, 0.6) is 0 Å². The molecule has 0 spiro atoms. The maximum Gasteiger partial charge on any atom is -0.00116 e. The first-order valence-electron chi connectivity index (χ1n) is 5.95. The minimum Gasteiger partial charge on any atom is -0.176 e. The molecule has 0 fully saturated rings. The van der Waals surface area contributed by atoms with E-state index in [1.165, 1.54) is 57.8 Å². The van der Waals surface area contributed by atoms with Gasteiger partial charge >= 0.3 is 0 Å². The van der Waals surface area contributed by atoms with Crippen LogP contribution < -0.4 is 0 Å². The van der Waals surface area contributed by atoms with Crippen LogP contribution in [0.2, 0.25) is 0 Å². The van der Waals surface area contributed by atoms with Crippen molar-refractivity contribution < 1.29 is 0 Å². The van der Waals surface area contributed by atoms with E-state index in [0.717, 1.165) is 0 Å². The second-order valence-corrected chi connectivity index (χ2v) is 4.99. The summed E-state index contributed by atoms with van der Waals surface area (Å²) in [7, 11) is 0. The monoisotopic (exact) mass is 202 g/mol. The fraction of sp³-hybridized carbons (Fsp3) is 1.00. The summed E-state index contributed by atoms with van der Waals surface area (Å²) in [5.74, 6) is 0. The Morgan fingerprint density at radius 2 is 1.31 bits per heavy atom. The molecule has 0 nitrogen and oxygen atoms in total. The third kappa shape index (κ3) is 12.4. The van der Waals surface area contributed by atoms with Gasteiger partial charge in [0.05, 0.1) is 0 Å². The van der Waals surface area contributed by atoms with Crippen molar-refractivity contribution in [3.05, 3.63) is 0 Å². The van der Waals surface area contributed by atoms with Crippen LogP contribution in [0.4, 0.5) is 0 Å². The molecule has 0 N–H and O–H groups in total. The van der Waals surface area contributed by atoms with Crippen molar-refractivity contribution in [3.8, 4) is 0 Å². The van der Waals surface area contributed by atoms with E-state index in [0.29, 0.717) is 5.25 Å². The van der Waals surface area contributed by atoms with Crippen molar-refractivity contribution in [3.63, 3.8) is 0 Å². The van der Waals surface area contributed by atoms with Gasteiger partial charge in [0, 0.05) is 0 Å². The largest absolute Gasteiger partial charge is 0.176 e. The average molecular weight is 202 g/mol. The van der Waals surface area contributed by atoms with Crippen LogP contribution in [-0.4, -0.2) is 5.25 Å². The van der Waals surface area contributed by atoms with Crippen molar-refractivity contribution >= 4 is 12.6 Å². The molecular formula is C12H26S. The van der Waals surface area contributed by atoms with Crippen LogP contribution in [0.1, 0.15) is 71.6 Å². The van der Waals surface area contributed by atoms with Crippen molar-refractivity contribution in [1.82, 2.24) is 0 Å².